The minimum Gasteiger partial charge on any atom is -0.324 e. The standard InChI is InChI=1S/C14H15N7O2/c1-2-13(22)17-12-7-21(20-19-12)8-14(23)16-10-3-4-11-9(5-10)6-15-18-11/h3-7H,2,8H2,1H3,(H,15,18)(H,16,23)(H,17,22). The molecule has 23 heavy (non-hydrogen) atoms. The van der Waals surface area contributed by atoms with Gasteiger partial charge in [0.15, 0.2) is 5.82 Å². The molecule has 0 bridgehead atoms. The summed E-state index contributed by atoms with van der Waals surface area (Å²) in [5.41, 5.74) is 1.57. The lowest BCUT2D eigenvalue weighted by atomic mass is 10.2. The molecule has 3 rings (SSSR count). The number of nitrogens with one attached hydrogen (secondary N) is 3. The van der Waals surface area contributed by atoms with Crippen molar-refractivity contribution in [3.8, 4) is 0 Å². The Hall–Kier alpha value is -3.23. The zero-order chi connectivity index (χ0) is 16.2. The molecule has 0 saturated carbocycles. The van der Waals surface area contributed by atoms with Crippen molar-refractivity contribution in [1.82, 2.24) is 25.2 Å². The number of nitrogens with zero attached hydrogens (tertiary/aromatic N) is 4. The number of H-pyrrole nitrogens is 1. The smallest absolute Gasteiger partial charge is 0.246 e. The van der Waals surface area contributed by atoms with E-state index < -0.39 is 0 Å². The van der Waals surface area contributed by atoms with E-state index in [0.717, 1.165) is 10.9 Å². The summed E-state index contributed by atoms with van der Waals surface area (Å²) >= 11 is 0. The Balaban J connectivity index is 1.61. The Labute approximate surface area is 131 Å². The van der Waals surface area contributed by atoms with Gasteiger partial charge in [-0.1, -0.05) is 12.1 Å². The van der Waals surface area contributed by atoms with E-state index in [1.807, 2.05) is 12.1 Å². The number of aromatic nitrogens is 5. The highest BCUT2D eigenvalue weighted by Gasteiger charge is 2.08. The number of amides is 2. The van der Waals surface area contributed by atoms with Crippen LogP contribution in [0.1, 0.15) is 13.3 Å². The van der Waals surface area contributed by atoms with Gasteiger partial charge < -0.3 is 10.6 Å². The lowest BCUT2D eigenvalue weighted by molar-refractivity contribution is -0.117. The zero-order valence-electron chi connectivity index (χ0n) is 12.4. The molecule has 2 amide bonds. The number of aromatic amines is 1. The van der Waals surface area contributed by atoms with Gasteiger partial charge in [0.1, 0.15) is 6.54 Å². The first kappa shape index (κ1) is 14.7. The molecule has 2 heterocycles. The molecular formula is C14H15N7O2. The first-order valence-electron chi connectivity index (χ1n) is 7.07. The molecule has 3 N–H and O–H groups in total. The first-order valence-corrected chi connectivity index (χ1v) is 7.07. The van der Waals surface area contributed by atoms with Crippen molar-refractivity contribution in [2.24, 2.45) is 0 Å². The van der Waals surface area contributed by atoms with E-state index in [2.05, 4.69) is 31.1 Å². The van der Waals surface area contributed by atoms with Crippen LogP contribution in [0.15, 0.2) is 30.6 Å². The van der Waals surface area contributed by atoms with E-state index in [1.165, 1.54) is 10.9 Å². The molecule has 0 unspecified atom stereocenters. The highest BCUT2D eigenvalue weighted by molar-refractivity contribution is 5.93. The largest absolute Gasteiger partial charge is 0.324 e. The Morgan fingerprint density at radius 2 is 2.13 bits per heavy atom. The maximum Gasteiger partial charge on any atom is 0.246 e. The van der Waals surface area contributed by atoms with Gasteiger partial charge in [-0.05, 0) is 18.2 Å². The molecule has 0 atom stereocenters. The van der Waals surface area contributed by atoms with Crippen LogP contribution < -0.4 is 10.6 Å². The predicted molar refractivity (Wildman–Crippen MR) is 83.7 cm³/mol. The van der Waals surface area contributed by atoms with Crippen molar-refractivity contribution >= 4 is 34.2 Å². The van der Waals surface area contributed by atoms with Crippen molar-refractivity contribution in [1.29, 1.82) is 0 Å². The maximum atomic E-state index is 12.0. The number of rotatable bonds is 5. The molecule has 0 aliphatic rings. The molecule has 0 aliphatic heterocycles. The normalized spacial score (nSPS) is 10.7. The van der Waals surface area contributed by atoms with Crippen LogP contribution in [-0.4, -0.2) is 37.0 Å². The SMILES string of the molecule is CCC(=O)Nc1cn(CC(=O)Nc2ccc3[nH]ncc3c2)nn1. The van der Waals surface area contributed by atoms with E-state index >= 15 is 0 Å². The third-order valence-corrected chi connectivity index (χ3v) is 3.16. The van der Waals surface area contributed by atoms with Crippen molar-refractivity contribution in [2.45, 2.75) is 19.9 Å². The second-order valence-corrected chi connectivity index (χ2v) is 4.92. The first-order chi connectivity index (χ1) is 11.1. The van der Waals surface area contributed by atoms with Crippen molar-refractivity contribution < 1.29 is 9.59 Å². The summed E-state index contributed by atoms with van der Waals surface area (Å²) in [6.07, 6.45) is 3.54. The lowest BCUT2D eigenvalue weighted by Gasteiger charge is -2.04. The van der Waals surface area contributed by atoms with Crippen LogP contribution in [-0.2, 0) is 16.1 Å². The molecule has 0 aliphatic carbocycles. The van der Waals surface area contributed by atoms with Gasteiger partial charge in [-0.15, -0.1) is 5.10 Å². The Kier molecular flexibility index (Phi) is 4.00. The number of anilines is 2. The summed E-state index contributed by atoms with van der Waals surface area (Å²) in [6.45, 7) is 1.74. The summed E-state index contributed by atoms with van der Waals surface area (Å²) in [5, 5.41) is 20.6. The summed E-state index contributed by atoms with van der Waals surface area (Å²) in [6, 6.07) is 5.45. The minimum atomic E-state index is -0.244. The van der Waals surface area contributed by atoms with Crippen LogP contribution in [0.2, 0.25) is 0 Å². The zero-order valence-corrected chi connectivity index (χ0v) is 12.4. The van der Waals surface area contributed by atoms with Gasteiger partial charge in [0.2, 0.25) is 11.8 Å². The number of fused-ring (bicyclic) bond motifs is 1. The average molecular weight is 313 g/mol. The van der Waals surface area contributed by atoms with E-state index in [-0.39, 0.29) is 18.4 Å². The molecule has 0 radical (unpaired) electrons. The maximum absolute atomic E-state index is 12.0. The third-order valence-electron chi connectivity index (χ3n) is 3.16. The van der Waals surface area contributed by atoms with Crippen LogP contribution in [0.4, 0.5) is 11.5 Å². The fourth-order valence-corrected chi connectivity index (χ4v) is 2.03. The fraction of sp³-hybridized carbons (Fsp3) is 0.214. The van der Waals surface area contributed by atoms with E-state index in [0.29, 0.717) is 17.9 Å². The van der Waals surface area contributed by atoms with Crippen molar-refractivity contribution in [3.05, 3.63) is 30.6 Å². The fourth-order valence-electron chi connectivity index (χ4n) is 2.03. The number of carbonyl (C=O) groups is 2. The van der Waals surface area contributed by atoms with Crippen LogP contribution >= 0.6 is 0 Å². The molecule has 9 nitrogen and oxygen atoms in total. The summed E-state index contributed by atoms with van der Waals surface area (Å²) in [5.74, 6) is -0.0782. The van der Waals surface area contributed by atoms with Gasteiger partial charge in [-0.2, -0.15) is 5.10 Å². The molecule has 0 fully saturated rings. The Morgan fingerprint density at radius 1 is 1.26 bits per heavy atom. The average Bonchev–Trinajstić information content (AvgIpc) is 3.15. The molecule has 0 saturated heterocycles. The molecule has 118 valence electrons. The van der Waals surface area contributed by atoms with Gasteiger partial charge >= 0.3 is 0 Å². The predicted octanol–water partition coefficient (Wildman–Crippen LogP) is 1.14. The van der Waals surface area contributed by atoms with E-state index in [4.69, 9.17) is 0 Å². The van der Waals surface area contributed by atoms with Crippen molar-refractivity contribution in [3.63, 3.8) is 0 Å². The second kappa shape index (κ2) is 6.26. The summed E-state index contributed by atoms with van der Waals surface area (Å²) < 4.78 is 1.36. The Bertz CT molecular complexity index is 852. The van der Waals surface area contributed by atoms with Crippen LogP contribution in [0.25, 0.3) is 10.9 Å². The highest BCUT2D eigenvalue weighted by atomic mass is 16.2. The van der Waals surface area contributed by atoms with E-state index in [9.17, 15) is 9.59 Å². The van der Waals surface area contributed by atoms with Crippen LogP contribution in [0, 0.1) is 0 Å². The number of hydrogen-bond donors (Lipinski definition) is 3. The van der Waals surface area contributed by atoms with Gasteiger partial charge in [0, 0.05) is 17.5 Å². The van der Waals surface area contributed by atoms with Crippen LogP contribution in [0.5, 0.6) is 0 Å². The molecule has 0 spiro atoms. The number of carbonyl (C=O) groups excluding carboxylic acids is 2. The quantitative estimate of drug-likeness (QED) is 0.653. The minimum absolute atomic E-state index is 0.00157. The topological polar surface area (TPSA) is 118 Å². The van der Waals surface area contributed by atoms with Gasteiger partial charge in [-0.3, -0.25) is 14.7 Å². The van der Waals surface area contributed by atoms with Gasteiger partial charge in [0.25, 0.3) is 0 Å². The van der Waals surface area contributed by atoms with Gasteiger partial charge in [-0.25, -0.2) is 4.68 Å². The van der Waals surface area contributed by atoms with Crippen LogP contribution in [0.3, 0.4) is 0 Å². The molecule has 2 aromatic heterocycles. The lowest BCUT2D eigenvalue weighted by Crippen LogP contribution is -2.19. The highest BCUT2D eigenvalue weighted by Crippen LogP contribution is 2.16. The number of benzene rings is 1. The third kappa shape index (κ3) is 3.51. The second-order valence-electron chi connectivity index (χ2n) is 4.92. The summed E-state index contributed by atoms with van der Waals surface area (Å²) in [4.78, 5) is 23.3. The molecular weight excluding hydrogens is 298 g/mol. The summed E-state index contributed by atoms with van der Waals surface area (Å²) in [7, 11) is 0. The molecule has 1 aromatic carbocycles. The van der Waals surface area contributed by atoms with Crippen molar-refractivity contribution in [2.75, 3.05) is 10.6 Å². The van der Waals surface area contributed by atoms with Gasteiger partial charge in [0.05, 0.1) is 17.9 Å². The number of hydrogen-bond acceptors (Lipinski definition) is 5. The molecule has 3 aromatic rings. The Morgan fingerprint density at radius 3 is 2.96 bits per heavy atom. The van der Waals surface area contributed by atoms with E-state index in [1.54, 1.807) is 19.2 Å². The monoisotopic (exact) mass is 313 g/mol. The molecule has 9 heteroatoms.